The van der Waals surface area contributed by atoms with Gasteiger partial charge in [0.25, 0.3) is 5.91 Å². The first-order valence-corrected chi connectivity index (χ1v) is 8.50. The van der Waals surface area contributed by atoms with Crippen LogP contribution in [0.1, 0.15) is 10.4 Å². The van der Waals surface area contributed by atoms with Gasteiger partial charge in [-0.15, -0.1) is 0 Å². The molecule has 0 bridgehead atoms. The van der Waals surface area contributed by atoms with Crippen LogP contribution in [0.25, 0.3) is 22.4 Å². The van der Waals surface area contributed by atoms with Crippen molar-refractivity contribution in [1.82, 2.24) is 15.2 Å². The van der Waals surface area contributed by atoms with Crippen molar-refractivity contribution in [1.29, 1.82) is 0 Å². The summed E-state index contributed by atoms with van der Waals surface area (Å²) in [5.41, 5.74) is 3.36. The highest BCUT2D eigenvalue weighted by Crippen LogP contribution is 2.37. The Morgan fingerprint density at radius 3 is 2.00 bits per heavy atom. The standard InChI is InChI=1S/C21H16N4O3/c26-16-5-1-13(2-6-16)18-19(14-3-7-17(27)8-4-14)24-25-20(18)23-21(28)15-9-11-22-12-10-15/h1-12,26-27H,(H2,23,24,25,28). The number of phenolic OH excluding ortho intramolecular Hbond substituents is 2. The van der Waals surface area contributed by atoms with Crippen LogP contribution in [0.4, 0.5) is 5.82 Å². The molecule has 4 N–H and O–H groups in total. The number of hydrogen-bond donors (Lipinski definition) is 4. The highest BCUT2D eigenvalue weighted by Gasteiger charge is 2.19. The molecule has 1 amide bonds. The van der Waals surface area contributed by atoms with Crippen molar-refractivity contribution in [3.63, 3.8) is 0 Å². The van der Waals surface area contributed by atoms with Crippen molar-refractivity contribution in [3.8, 4) is 33.9 Å². The zero-order chi connectivity index (χ0) is 19.5. The molecule has 0 radical (unpaired) electrons. The van der Waals surface area contributed by atoms with E-state index in [1.165, 1.54) is 0 Å². The maximum atomic E-state index is 12.6. The molecule has 0 unspecified atom stereocenters. The number of aromatic amines is 1. The zero-order valence-electron chi connectivity index (χ0n) is 14.6. The van der Waals surface area contributed by atoms with E-state index in [0.717, 1.165) is 11.1 Å². The minimum Gasteiger partial charge on any atom is -0.508 e. The van der Waals surface area contributed by atoms with Gasteiger partial charge in [-0.2, -0.15) is 5.10 Å². The lowest BCUT2D eigenvalue weighted by Crippen LogP contribution is -2.12. The van der Waals surface area contributed by atoms with Crippen LogP contribution in [-0.2, 0) is 0 Å². The molecule has 0 fully saturated rings. The highest BCUT2D eigenvalue weighted by atomic mass is 16.3. The highest BCUT2D eigenvalue weighted by molar-refractivity contribution is 6.06. The molecule has 2 aromatic heterocycles. The Hall–Kier alpha value is -4.13. The molecule has 7 nitrogen and oxygen atoms in total. The molecule has 0 aliphatic carbocycles. The third-order valence-electron chi connectivity index (χ3n) is 4.25. The summed E-state index contributed by atoms with van der Waals surface area (Å²) in [5.74, 6) is 0.336. The number of rotatable bonds is 4. The fourth-order valence-corrected chi connectivity index (χ4v) is 2.86. The second-order valence-corrected chi connectivity index (χ2v) is 6.11. The molecule has 0 atom stereocenters. The SMILES string of the molecule is O=C(Nc1n[nH]c(-c2ccc(O)cc2)c1-c1ccc(O)cc1)c1ccncc1. The fraction of sp³-hybridized carbons (Fsp3) is 0. The minimum absolute atomic E-state index is 0.140. The molecular weight excluding hydrogens is 356 g/mol. The molecule has 4 aromatic rings. The summed E-state index contributed by atoms with van der Waals surface area (Å²) in [6.45, 7) is 0. The number of H-pyrrole nitrogens is 1. The van der Waals surface area contributed by atoms with Crippen LogP contribution in [0.3, 0.4) is 0 Å². The lowest BCUT2D eigenvalue weighted by molar-refractivity contribution is 0.102. The smallest absolute Gasteiger partial charge is 0.256 e. The largest absolute Gasteiger partial charge is 0.508 e. The van der Waals surface area contributed by atoms with Gasteiger partial charge in [0, 0.05) is 23.5 Å². The maximum absolute atomic E-state index is 12.6. The van der Waals surface area contributed by atoms with Gasteiger partial charge in [-0.3, -0.25) is 14.9 Å². The summed E-state index contributed by atoms with van der Waals surface area (Å²) in [6.07, 6.45) is 3.09. The van der Waals surface area contributed by atoms with E-state index < -0.39 is 0 Å². The van der Waals surface area contributed by atoms with Gasteiger partial charge in [0.2, 0.25) is 0 Å². The molecule has 0 saturated heterocycles. The van der Waals surface area contributed by atoms with Crippen molar-refractivity contribution >= 4 is 11.7 Å². The van der Waals surface area contributed by atoms with Crippen molar-refractivity contribution in [2.24, 2.45) is 0 Å². The van der Waals surface area contributed by atoms with Crippen molar-refractivity contribution in [3.05, 3.63) is 78.6 Å². The first-order valence-electron chi connectivity index (χ1n) is 8.50. The van der Waals surface area contributed by atoms with Crippen LogP contribution >= 0.6 is 0 Å². The summed E-state index contributed by atoms with van der Waals surface area (Å²) in [6, 6.07) is 16.5. The first kappa shape index (κ1) is 17.3. The van der Waals surface area contributed by atoms with Gasteiger partial charge in [-0.25, -0.2) is 0 Å². The fourth-order valence-electron chi connectivity index (χ4n) is 2.86. The molecule has 4 rings (SSSR count). The first-order chi connectivity index (χ1) is 13.6. The van der Waals surface area contributed by atoms with Gasteiger partial charge in [0.15, 0.2) is 5.82 Å². The number of benzene rings is 2. The quantitative estimate of drug-likeness (QED) is 0.435. The van der Waals surface area contributed by atoms with E-state index in [9.17, 15) is 15.0 Å². The monoisotopic (exact) mass is 372 g/mol. The van der Waals surface area contributed by atoms with E-state index in [2.05, 4.69) is 20.5 Å². The van der Waals surface area contributed by atoms with Crippen LogP contribution in [0.5, 0.6) is 11.5 Å². The molecule has 2 heterocycles. The van der Waals surface area contributed by atoms with Crippen molar-refractivity contribution < 1.29 is 15.0 Å². The number of amides is 1. The van der Waals surface area contributed by atoms with E-state index in [0.29, 0.717) is 22.6 Å². The van der Waals surface area contributed by atoms with E-state index >= 15 is 0 Å². The third kappa shape index (κ3) is 3.41. The van der Waals surface area contributed by atoms with E-state index in [1.54, 1.807) is 73.1 Å². The molecule has 138 valence electrons. The molecule has 2 aromatic carbocycles. The summed E-state index contributed by atoms with van der Waals surface area (Å²) >= 11 is 0. The average Bonchev–Trinajstić information content (AvgIpc) is 3.13. The van der Waals surface area contributed by atoms with Crippen molar-refractivity contribution in [2.75, 3.05) is 5.32 Å². The topological polar surface area (TPSA) is 111 Å². The van der Waals surface area contributed by atoms with Crippen molar-refractivity contribution in [2.45, 2.75) is 0 Å². The average molecular weight is 372 g/mol. The minimum atomic E-state index is -0.314. The normalized spacial score (nSPS) is 10.6. The Morgan fingerprint density at radius 1 is 0.821 bits per heavy atom. The van der Waals surface area contributed by atoms with Crippen LogP contribution in [-0.4, -0.2) is 31.3 Å². The number of anilines is 1. The van der Waals surface area contributed by atoms with Crippen LogP contribution in [0, 0.1) is 0 Å². The lowest BCUT2D eigenvalue weighted by atomic mass is 10.0. The van der Waals surface area contributed by atoms with Gasteiger partial charge in [-0.1, -0.05) is 12.1 Å². The number of nitrogens with one attached hydrogen (secondary N) is 2. The Morgan fingerprint density at radius 2 is 1.39 bits per heavy atom. The van der Waals surface area contributed by atoms with Gasteiger partial charge >= 0.3 is 0 Å². The summed E-state index contributed by atoms with van der Waals surface area (Å²) in [4.78, 5) is 16.5. The Kier molecular flexibility index (Phi) is 4.47. The second kappa shape index (κ2) is 7.24. The lowest BCUT2D eigenvalue weighted by Gasteiger charge is -2.08. The Labute approximate surface area is 160 Å². The predicted octanol–water partition coefficient (Wildman–Crippen LogP) is 3.80. The molecule has 0 spiro atoms. The number of pyridine rings is 1. The third-order valence-corrected chi connectivity index (χ3v) is 4.25. The Balaban J connectivity index is 1.79. The molecule has 28 heavy (non-hydrogen) atoms. The van der Waals surface area contributed by atoms with Gasteiger partial charge < -0.3 is 15.5 Å². The van der Waals surface area contributed by atoms with Gasteiger partial charge in [0.05, 0.1) is 11.3 Å². The number of carbonyl (C=O) groups is 1. The van der Waals surface area contributed by atoms with Crippen LogP contribution in [0.15, 0.2) is 73.1 Å². The summed E-state index contributed by atoms with van der Waals surface area (Å²) < 4.78 is 0. The van der Waals surface area contributed by atoms with E-state index in [1.807, 2.05) is 0 Å². The van der Waals surface area contributed by atoms with Gasteiger partial charge in [0.1, 0.15) is 11.5 Å². The summed E-state index contributed by atoms with van der Waals surface area (Å²) in [5, 5.41) is 29.2. The van der Waals surface area contributed by atoms with E-state index in [4.69, 9.17) is 0 Å². The Bertz CT molecular complexity index is 1100. The number of aromatic hydroxyl groups is 2. The molecular formula is C21H16N4O3. The van der Waals surface area contributed by atoms with Crippen LogP contribution in [0.2, 0.25) is 0 Å². The maximum Gasteiger partial charge on any atom is 0.256 e. The van der Waals surface area contributed by atoms with Gasteiger partial charge in [-0.05, 0) is 54.1 Å². The molecule has 0 saturated carbocycles. The zero-order valence-corrected chi connectivity index (χ0v) is 14.6. The number of aromatic nitrogens is 3. The predicted molar refractivity (Wildman–Crippen MR) is 105 cm³/mol. The molecule has 0 aliphatic rings. The number of hydrogen-bond acceptors (Lipinski definition) is 5. The number of carbonyl (C=O) groups excluding carboxylic acids is 1. The molecule has 7 heteroatoms. The molecule has 0 aliphatic heterocycles. The second-order valence-electron chi connectivity index (χ2n) is 6.11. The van der Waals surface area contributed by atoms with Crippen LogP contribution < -0.4 is 5.32 Å². The van der Waals surface area contributed by atoms with E-state index in [-0.39, 0.29) is 17.4 Å². The number of phenols is 2. The number of nitrogens with zero attached hydrogens (tertiary/aromatic N) is 2. The summed E-state index contributed by atoms with van der Waals surface area (Å²) in [7, 11) is 0.